The Morgan fingerprint density at radius 2 is 2.33 bits per heavy atom. The highest BCUT2D eigenvalue weighted by molar-refractivity contribution is 7.98. The highest BCUT2D eigenvalue weighted by Gasteiger charge is 1.92. The Morgan fingerprint density at radius 3 is 3.00 bits per heavy atom. The molecule has 0 amide bonds. The average molecular weight is 183 g/mol. The van der Waals surface area contributed by atoms with E-state index in [2.05, 4.69) is 6.26 Å². The Hall–Kier alpha value is -0.830. The smallest absolute Gasteiger partial charge is 0.121 e. The number of benzene rings is 1. The Labute approximate surface area is 77.1 Å². The Kier molecular flexibility index (Phi) is 3.80. The van der Waals surface area contributed by atoms with Crippen molar-refractivity contribution >= 4 is 17.4 Å². The first-order valence-corrected chi connectivity index (χ1v) is 5.19. The molecule has 0 aliphatic carbocycles. The quantitative estimate of drug-likeness (QED) is 0.573. The molecule has 0 spiro atoms. The summed E-state index contributed by atoms with van der Waals surface area (Å²) >= 11 is 1.77. The maximum Gasteiger partial charge on any atom is 0.121 e. The number of anilines is 1. The topological polar surface area (TPSA) is 35.2 Å². The van der Waals surface area contributed by atoms with E-state index < -0.39 is 0 Å². The first-order chi connectivity index (χ1) is 5.83. The zero-order chi connectivity index (χ0) is 8.81. The molecular weight excluding hydrogens is 170 g/mol. The van der Waals surface area contributed by atoms with Crippen LogP contribution in [-0.4, -0.2) is 18.6 Å². The predicted octanol–water partition coefficient (Wildman–Crippen LogP) is 2.01. The van der Waals surface area contributed by atoms with Crippen LogP contribution in [0.3, 0.4) is 0 Å². The van der Waals surface area contributed by atoms with Crippen molar-refractivity contribution in [1.29, 1.82) is 0 Å². The number of rotatable bonds is 4. The molecule has 2 N–H and O–H groups in total. The zero-order valence-corrected chi connectivity index (χ0v) is 7.93. The van der Waals surface area contributed by atoms with Crippen LogP contribution >= 0.6 is 11.8 Å². The normalized spacial score (nSPS) is 9.75. The average Bonchev–Trinajstić information content (AvgIpc) is 2.05. The molecule has 0 aliphatic heterocycles. The molecule has 0 unspecified atom stereocenters. The molecular formula is C9H13NOS. The molecule has 12 heavy (non-hydrogen) atoms. The second-order valence-electron chi connectivity index (χ2n) is 2.41. The molecule has 1 rings (SSSR count). The van der Waals surface area contributed by atoms with Gasteiger partial charge in [-0.3, -0.25) is 0 Å². The number of nitrogens with two attached hydrogens (primary N) is 1. The van der Waals surface area contributed by atoms with E-state index in [9.17, 15) is 0 Å². The van der Waals surface area contributed by atoms with Gasteiger partial charge in [0, 0.05) is 17.5 Å². The van der Waals surface area contributed by atoms with Gasteiger partial charge in [-0.2, -0.15) is 11.8 Å². The van der Waals surface area contributed by atoms with Gasteiger partial charge in [0.2, 0.25) is 0 Å². The van der Waals surface area contributed by atoms with Crippen LogP contribution in [0.5, 0.6) is 5.75 Å². The minimum Gasteiger partial charge on any atom is -0.493 e. The van der Waals surface area contributed by atoms with Crippen LogP contribution in [0.25, 0.3) is 0 Å². The fourth-order valence-corrected chi connectivity index (χ4v) is 1.10. The summed E-state index contributed by atoms with van der Waals surface area (Å²) in [5, 5.41) is 0. The molecule has 0 radical (unpaired) electrons. The lowest BCUT2D eigenvalue weighted by molar-refractivity contribution is 0.344. The third-order valence-corrected chi connectivity index (χ3v) is 1.99. The van der Waals surface area contributed by atoms with Crippen LogP contribution in [0.4, 0.5) is 5.69 Å². The predicted molar refractivity (Wildman–Crippen MR) is 54.7 cm³/mol. The van der Waals surface area contributed by atoms with Gasteiger partial charge in [-0.1, -0.05) is 6.07 Å². The summed E-state index contributed by atoms with van der Waals surface area (Å²) in [6, 6.07) is 7.49. The van der Waals surface area contributed by atoms with Crippen molar-refractivity contribution in [2.24, 2.45) is 0 Å². The maximum atomic E-state index is 5.58. The molecule has 0 fully saturated rings. The summed E-state index contributed by atoms with van der Waals surface area (Å²) in [7, 11) is 0. The van der Waals surface area contributed by atoms with Crippen molar-refractivity contribution in [2.75, 3.05) is 24.3 Å². The zero-order valence-electron chi connectivity index (χ0n) is 7.12. The minimum atomic E-state index is 0.741. The lowest BCUT2D eigenvalue weighted by Gasteiger charge is -2.04. The van der Waals surface area contributed by atoms with Gasteiger partial charge >= 0.3 is 0 Å². The minimum absolute atomic E-state index is 0.741. The standard InChI is InChI=1S/C9H13NOS/c1-12-6-5-11-9-4-2-3-8(10)7-9/h2-4,7H,5-6,10H2,1H3. The van der Waals surface area contributed by atoms with E-state index in [0.29, 0.717) is 0 Å². The molecule has 1 aromatic rings. The molecule has 0 bridgehead atoms. The molecule has 2 nitrogen and oxygen atoms in total. The van der Waals surface area contributed by atoms with Crippen molar-refractivity contribution in [2.45, 2.75) is 0 Å². The van der Waals surface area contributed by atoms with E-state index in [4.69, 9.17) is 10.5 Å². The van der Waals surface area contributed by atoms with Gasteiger partial charge in [0.05, 0.1) is 6.61 Å². The van der Waals surface area contributed by atoms with Gasteiger partial charge in [0.25, 0.3) is 0 Å². The van der Waals surface area contributed by atoms with Gasteiger partial charge in [0.15, 0.2) is 0 Å². The lowest BCUT2D eigenvalue weighted by Crippen LogP contribution is -1.99. The summed E-state index contributed by atoms with van der Waals surface area (Å²) in [4.78, 5) is 0. The van der Waals surface area contributed by atoms with Crippen molar-refractivity contribution in [3.8, 4) is 5.75 Å². The number of thioether (sulfide) groups is 1. The molecule has 0 saturated carbocycles. The van der Waals surface area contributed by atoms with E-state index in [0.717, 1.165) is 23.8 Å². The molecule has 0 atom stereocenters. The Balaban J connectivity index is 2.41. The third-order valence-electron chi connectivity index (χ3n) is 1.41. The first kappa shape index (κ1) is 9.26. The number of ether oxygens (including phenoxy) is 1. The molecule has 0 saturated heterocycles. The summed E-state index contributed by atoms with van der Waals surface area (Å²) in [6.45, 7) is 0.741. The molecule has 66 valence electrons. The van der Waals surface area contributed by atoms with E-state index in [1.54, 1.807) is 11.8 Å². The van der Waals surface area contributed by atoms with Crippen LogP contribution in [0, 0.1) is 0 Å². The maximum absolute atomic E-state index is 5.58. The summed E-state index contributed by atoms with van der Waals surface area (Å²) in [5.41, 5.74) is 6.32. The van der Waals surface area contributed by atoms with Crippen molar-refractivity contribution in [3.05, 3.63) is 24.3 Å². The van der Waals surface area contributed by atoms with Gasteiger partial charge in [-0.05, 0) is 18.4 Å². The first-order valence-electron chi connectivity index (χ1n) is 3.80. The monoisotopic (exact) mass is 183 g/mol. The fraction of sp³-hybridized carbons (Fsp3) is 0.333. The second kappa shape index (κ2) is 4.93. The Bertz CT molecular complexity index is 240. The van der Waals surface area contributed by atoms with Gasteiger partial charge in [0.1, 0.15) is 5.75 Å². The number of hydrogen-bond acceptors (Lipinski definition) is 3. The fourth-order valence-electron chi connectivity index (χ4n) is 0.847. The third kappa shape index (κ3) is 3.05. The molecule has 0 heterocycles. The van der Waals surface area contributed by atoms with Crippen LogP contribution in [0.1, 0.15) is 0 Å². The summed E-state index contributed by atoms with van der Waals surface area (Å²) in [5.74, 6) is 1.86. The van der Waals surface area contributed by atoms with Gasteiger partial charge in [-0.25, -0.2) is 0 Å². The van der Waals surface area contributed by atoms with Crippen LogP contribution in [0.2, 0.25) is 0 Å². The van der Waals surface area contributed by atoms with Crippen molar-refractivity contribution in [1.82, 2.24) is 0 Å². The largest absolute Gasteiger partial charge is 0.493 e. The number of hydrogen-bond donors (Lipinski definition) is 1. The summed E-state index contributed by atoms with van der Waals surface area (Å²) < 4.78 is 5.43. The van der Waals surface area contributed by atoms with Crippen molar-refractivity contribution < 1.29 is 4.74 Å². The van der Waals surface area contributed by atoms with Crippen LogP contribution in [-0.2, 0) is 0 Å². The van der Waals surface area contributed by atoms with Gasteiger partial charge < -0.3 is 10.5 Å². The van der Waals surface area contributed by atoms with Crippen LogP contribution in [0.15, 0.2) is 24.3 Å². The molecule has 3 heteroatoms. The highest BCUT2D eigenvalue weighted by atomic mass is 32.2. The number of nitrogen functional groups attached to an aromatic ring is 1. The highest BCUT2D eigenvalue weighted by Crippen LogP contribution is 2.14. The van der Waals surface area contributed by atoms with E-state index in [1.165, 1.54) is 0 Å². The molecule has 1 aromatic carbocycles. The second-order valence-corrected chi connectivity index (χ2v) is 3.40. The lowest BCUT2D eigenvalue weighted by atomic mass is 10.3. The van der Waals surface area contributed by atoms with E-state index in [-0.39, 0.29) is 0 Å². The van der Waals surface area contributed by atoms with E-state index >= 15 is 0 Å². The molecule has 0 aliphatic rings. The Morgan fingerprint density at radius 1 is 1.50 bits per heavy atom. The van der Waals surface area contributed by atoms with Gasteiger partial charge in [-0.15, -0.1) is 0 Å². The van der Waals surface area contributed by atoms with E-state index in [1.807, 2.05) is 24.3 Å². The van der Waals surface area contributed by atoms with Crippen LogP contribution < -0.4 is 10.5 Å². The van der Waals surface area contributed by atoms with Crippen molar-refractivity contribution in [3.63, 3.8) is 0 Å². The SMILES string of the molecule is CSCCOc1cccc(N)c1. The summed E-state index contributed by atoms with van der Waals surface area (Å²) in [6.07, 6.45) is 2.06. The molecule has 0 aromatic heterocycles.